The highest BCUT2D eigenvalue weighted by molar-refractivity contribution is 6.28. The molecule has 0 aliphatic carbocycles. The fourth-order valence-corrected chi connectivity index (χ4v) is 1.82. The summed E-state index contributed by atoms with van der Waals surface area (Å²) in [5, 5.41) is 12.3. The van der Waals surface area contributed by atoms with Crippen LogP contribution in [0.4, 0.5) is 11.5 Å². The number of aliphatic hydroxyl groups excluding tert-OH is 1. The van der Waals surface area contributed by atoms with Crippen molar-refractivity contribution in [3.63, 3.8) is 0 Å². The van der Waals surface area contributed by atoms with E-state index in [0.717, 1.165) is 25.8 Å². The molecule has 1 unspecified atom stereocenters. The molecule has 0 spiro atoms. The zero-order valence-electron chi connectivity index (χ0n) is 9.99. The summed E-state index contributed by atoms with van der Waals surface area (Å²) in [4.78, 5) is 7.81. The fourth-order valence-electron chi connectivity index (χ4n) is 1.69. The molecule has 1 aromatic heterocycles. The van der Waals surface area contributed by atoms with Crippen LogP contribution in [0.2, 0.25) is 5.28 Å². The molecule has 6 heteroatoms. The van der Waals surface area contributed by atoms with Crippen LogP contribution in [-0.2, 0) is 0 Å². The highest BCUT2D eigenvalue weighted by Gasteiger charge is 2.09. The SMILES string of the molecule is CCCC(CCO)CNc1nc(Cl)ncc1N. The normalized spacial score (nSPS) is 12.4. The van der Waals surface area contributed by atoms with Gasteiger partial charge in [0.15, 0.2) is 5.82 Å². The standard InChI is InChI=1S/C11H19ClN4O/c1-2-3-8(4-5-17)6-14-10-9(13)7-15-11(12)16-10/h7-8,17H,2-6,13H2,1H3,(H,14,15,16). The van der Waals surface area contributed by atoms with E-state index in [-0.39, 0.29) is 11.9 Å². The van der Waals surface area contributed by atoms with Crippen molar-refractivity contribution < 1.29 is 5.11 Å². The number of hydrogen-bond donors (Lipinski definition) is 3. The first-order valence-corrected chi connectivity index (χ1v) is 6.17. The third-order valence-corrected chi connectivity index (χ3v) is 2.76. The van der Waals surface area contributed by atoms with Crippen LogP contribution >= 0.6 is 11.6 Å². The number of nitrogen functional groups attached to an aromatic ring is 1. The van der Waals surface area contributed by atoms with Gasteiger partial charge in [-0.1, -0.05) is 13.3 Å². The quantitative estimate of drug-likeness (QED) is 0.651. The predicted octanol–water partition coefficient (Wildman–Crippen LogP) is 1.92. The van der Waals surface area contributed by atoms with Gasteiger partial charge in [-0.05, 0) is 30.4 Å². The second kappa shape index (κ2) is 7.29. The summed E-state index contributed by atoms with van der Waals surface area (Å²) in [6.07, 6.45) is 4.41. The molecule has 96 valence electrons. The lowest BCUT2D eigenvalue weighted by Crippen LogP contribution is -2.17. The Morgan fingerprint density at radius 3 is 2.94 bits per heavy atom. The zero-order chi connectivity index (χ0) is 12.7. The topological polar surface area (TPSA) is 84.1 Å². The Bertz CT molecular complexity index is 342. The van der Waals surface area contributed by atoms with E-state index in [2.05, 4.69) is 22.2 Å². The van der Waals surface area contributed by atoms with Gasteiger partial charge in [0.25, 0.3) is 0 Å². The van der Waals surface area contributed by atoms with E-state index >= 15 is 0 Å². The zero-order valence-corrected chi connectivity index (χ0v) is 10.7. The first-order valence-electron chi connectivity index (χ1n) is 5.80. The molecular weight excluding hydrogens is 240 g/mol. The van der Waals surface area contributed by atoms with Crippen molar-refractivity contribution in [2.24, 2.45) is 5.92 Å². The molecule has 17 heavy (non-hydrogen) atoms. The third-order valence-electron chi connectivity index (χ3n) is 2.58. The summed E-state index contributed by atoms with van der Waals surface area (Å²) in [5.74, 6) is 0.974. The van der Waals surface area contributed by atoms with Crippen LogP contribution in [0.5, 0.6) is 0 Å². The number of halogens is 1. The number of rotatable bonds is 7. The Kier molecular flexibility index (Phi) is 6.00. The maximum Gasteiger partial charge on any atom is 0.224 e. The van der Waals surface area contributed by atoms with E-state index < -0.39 is 0 Å². The minimum atomic E-state index is 0.177. The third kappa shape index (κ3) is 4.75. The minimum absolute atomic E-state index is 0.177. The smallest absolute Gasteiger partial charge is 0.224 e. The molecule has 1 rings (SSSR count). The summed E-state index contributed by atoms with van der Waals surface area (Å²) in [6, 6.07) is 0. The van der Waals surface area contributed by atoms with Crippen molar-refractivity contribution in [1.82, 2.24) is 9.97 Å². The molecular formula is C11H19ClN4O. The molecule has 0 aliphatic heterocycles. The molecule has 5 nitrogen and oxygen atoms in total. The van der Waals surface area contributed by atoms with Crippen molar-refractivity contribution >= 4 is 23.1 Å². The van der Waals surface area contributed by atoms with E-state index in [1.807, 2.05) is 0 Å². The molecule has 4 N–H and O–H groups in total. The second-order valence-electron chi connectivity index (χ2n) is 3.99. The van der Waals surface area contributed by atoms with Gasteiger partial charge in [0.1, 0.15) is 0 Å². The Morgan fingerprint density at radius 1 is 1.53 bits per heavy atom. The summed E-state index contributed by atoms with van der Waals surface area (Å²) >= 11 is 5.70. The molecule has 0 bridgehead atoms. The predicted molar refractivity (Wildman–Crippen MR) is 70.0 cm³/mol. The maximum atomic E-state index is 8.96. The van der Waals surface area contributed by atoms with Crippen molar-refractivity contribution in [3.05, 3.63) is 11.5 Å². The van der Waals surface area contributed by atoms with E-state index in [1.165, 1.54) is 6.20 Å². The lowest BCUT2D eigenvalue weighted by atomic mass is 10.0. The van der Waals surface area contributed by atoms with E-state index in [4.69, 9.17) is 22.4 Å². The first kappa shape index (κ1) is 14.0. The van der Waals surface area contributed by atoms with Crippen LogP contribution in [0, 0.1) is 5.92 Å². The average molecular weight is 259 g/mol. The first-order chi connectivity index (χ1) is 8.17. The molecule has 1 aromatic rings. The van der Waals surface area contributed by atoms with Crippen LogP contribution in [0.25, 0.3) is 0 Å². The highest BCUT2D eigenvalue weighted by Crippen LogP contribution is 2.18. The molecule has 0 aliphatic rings. The van der Waals surface area contributed by atoms with Gasteiger partial charge in [-0.3, -0.25) is 0 Å². The van der Waals surface area contributed by atoms with Gasteiger partial charge in [-0.15, -0.1) is 0 Å². The molecule has 1 atom stereocenters. The van der Waals surface area contributed by atoms with Crippen LogP contribution < -0.4 is 11.1 Å². The van der Waals surface area contributed by atoms with E-state index in [1.54, 1.807) is 0 Å². The van der Waals surface area contributed by atoms with Gasteiger partial charge in [0, 0.05) is 13.2 Å². The van der Waals surface area contributed by atoms with Gasteiger partial charge < -0.3 is 16.2 Å². The minimum Gasteiger partial charge on any atom is -0.396 e. The summed E-state index contributed by atoms with van der Waals surface area (Å²) in [6.45, 7) is 3.05. The van der Waals surface area contributed by atoms with Crippen LogP contribution in [0.15, 0.2) is 6.20 Å². The van der Waals surface area contributed by atoms with Gasteiger partial charge in [-0.2, -0.15) is 4.98 Å². The van der Waals surface area contributed by atoms with Crippen molar-refractivity contribution in [2.45, 2.75) is 26.2 Å². The summed E-state index contributed by atoms with van der Waals surface area (Å²) in [7, 11) is 0. The molecule has 0 radical (unpaired) electrons. The number of aliphatic hydroxyl groups is 1. The number of aromatic nitrogens is 2. The monoisotopic (exact) mass is 258 g/mol. The number of nitrogens with zero attached hydrogens (tertiary/aromatic N) is 2. The van der Waals surface area contributed by atoms with E-state index in [0.29, 0.717) is 17.4 Å². The molecule has 0 saturated heterocycles. The number of nitrogens with one attached hydrogen (secondary N) is 1. The van der Waals surface area contributed by atoms with Crippen LogP contribution in [0.3, 0.4) is 0 Å². The molecule has 1 heterocycles. The Balaban J connectivity index is 2.55. The number of anilines is 2. The van der Waals surface area contributed by atoms with Crippen LogP contribution in [-0.4, -0.2) is 28.2 Å². The summed E-state index contributed by atoms with van der Waals surface area (Å²) in [5.41, 5.74) is 6.21. The summed E-state index contributed by atoms with van der Waals surface area (Å²) < 4.78 is 0. The largest absolute Gasteiger partial charge is 0.396 e. The lowest BCUT2D eigenvalue weighted by molar-refractivity contribution is 0.255. The number of hydrogen-bond acceptors (Lipinski definition) is 5. The molecule has 0 fully saturated rings. The van der Waals surface area contributed by atoms with Crippen LogP contribution in [0.1, 0.15) is 26.2 Å². The van der Waals surface area contributed by atoms with Crippen molar-refractivity contribution in [2.75, 3.05) is 24.2 Å². The van der Waals surface area contributed by atoms with E-state index in [9.17, 15) is 0 Å². The Hall–Kier alpha value is -1.07. The van der Waals surface area contributed by atoms with Gasteiger partial charge in [0.2, 0.25) is 5.28 Å². The van der Waals surface area contributed by atoms with Gasteiger partial charge in [-0.25, -0.2) is 4.98 Å². The molecule has 0 aromatic carbocycles. The van der Waals surface area contributed by atoms with Gasteiger partial charge >= 0.3 is 0 Å². The fraction of sp³-hybridized carbons (Fsp3) is 0.636. The highest BCUT2D eigenvalue weighted by atomic mass is 35.5. The van der Waals surface area contributed by atoms with Crippen molar-refractivity contribution in [1.29, 1.82) is 0 Å². The number of nitrogens with two attached hydrogens (primary N) is 1. The van der Waals surface area contributed by atoms with Crippen molar-refractivity contribution in [3.8, 4) is 0 Å². The Labute approximate surface area is 106 Å². The lowest BCUT2D eigenvalue weighted by Gasteiger charge is -2.16. The Morgan fingerprint density at radius 2 is 2.29 bits per heavy atom. The average Bonchev–Trinajstić information content (AvgIpc) is 2.30. The maximum absolute atomic E-state index is 8.96. The molecule has 0 saturated carbocycles. The second-order valence-corrected chi connectivity index (χ2v) is 4.33. The molecule has 0 amide bonds. The van der Waals surface area contributed by atoms with Gasteiger partial charge in [0.05, 0.1) is 11.9 Å².